The van der Waals surface area contributed by atoms with Crippen molar-refractivity contribution >= 4 is 11.9 Å². The highest BCUT2D eigenvalue weighted by Gasteiger charge is 2.27. The summed E-state index contributed by atoms with van der Waals surface area (Å²) in [5.74, 6) is 4.84. The largest absolute Gasteiger partial charge is 0.490 e. The Morgan fingerprint density at radius 3 is 2.71 bits per heavy atom. The molecule has 0 N–H and O–H groups in total. The van der Waals surface area contributed by atoms with E-state index in [0.717, 1.165) is 24.8 Å². The van der Waals surface area contributed by atoms with Gasteiger partial charge in [-0.15, -0.1) is 0 Å². The van der Waals surface area contributed by atoms with E-state index in [4.69, 9.17) is 14.2 Å². The van der Waals surface area contributed by atoms with Crippen LogP contribution >= 0.6 is 0 Å². The second-order valence-electron chi connectivity index (χ2n) is 8.27. The number of methoxy groups -OCH3 is 1. The number of benzene rings is 1. The van der Waals surface area contributed by atoms with Gasteiger partial charge >= 0.3 is 5.97 Å². The average Bonchev–Trinajstić information content (AvgIpc) is 3.10. The fourth-order valence-corrected chi connectivity index (χ4v) is 4.24. The van der Waals surface area contributed by atoms with E-state index in [1.807, 2.05) is 30.3 Å². The summed E-state index contributed by atoms with van der Waals surface area (Å²) in [6, 6.07) is 10.6. The number of carbonyl (C=O) groups excluding carboxylic acids is 2. The lowest BCUT2D eigenvalue weighted by Crippen LogP contribution is -2.33. The Balaban J connectivity index is 1.55. The van der Waals surface area contributed by atoms with Crippen molar-refractivity contribution in [1.82, 2.24) is 9.47 Å². The quantitative estimate of drug-likeness (QED) is 0.508. The van der Waals surface area contributed by atoms with Gasteiger partial charge in [-0.25, -0.2) is 4.79 Å². The molecule has 0 saturated carbocycles. The van der Waals surface area contributed by atoms with Crippen LogP contribution in [0.3, 0.4) is 0 Å². The molecular formula is C26H28N2O6. The van der Waals surface area contributed by atoms with Crippen LogP contribution in [0.1, 0.15) is 40.9 Å². The summed E-state index contributed by atoms with van der Waals surface area (Å²) in [5, 5.41) is 0. The molecule has 1 saturated heterocycles. The molecule has 0 radical (unpaired) electrons. The summed E-state index contributed by atoms with van der Waals surface area (Å²) in [4.78, 5) is 39.9. The van der Waals surface area contributed by atoms with E-state index >= 15 is 0 Å². The molecule has 178 valence electrons. The van der Waals surface area contributed by atoms with E-state index in [2.05, 4.69) is 11.8 Å². The predicted octanol–water partition coefficient (Wildman–Crippen LogP) is 2.02. The summed E-state index contributed by atoms with van der Waals surface area (Å²) in [7, 11) is 1.30. The fraction of sp³-hybridized carbons (Fsp3) is 0.423. The third kappa shape index (κ3) is 5.49. The minimum Gasteiger partial charge on any atom is -0.490 e. The van der Waals surface area contributed by atoms with E-state index in [9.17, 15) is 14.4 Å². The maximum atomic E-state index is 12.9. The molecular weight excluding hydrogens is 436 g/mol. The summed E-state index contributed by atoms with van der Waals surface area (Å²) < 4.78 is 18.1. The van der Waals surface area contributed by atoms with Crippen LogP contribution in [0.15, 0.2) is 41.2 Å². The molecule has 3 heterocycles. The van der Waals surface area contributed by atoms with Crippen LogP contribution in [-0.2, 0) is 27.2 Å². The number of carbonyl (C=O) groups is 2. The third-order valence-electron chi connectivity index (χ3n) is 6.06. The zero-order valence-corrected chi connectivity index (χ0v) is 19.2. The summed E-state index contributed by atoms with van der Waals surface area (Å²) in [6.45, 7) is 1.82. The van der Waals surface area contributed by atoms with Gasteiger partial charge in [-0.2, -0.15) is 0 Å². The van der Waals surface area contributed by atoms with E-state index in [0.29, 0.717) is 31.8 Å². The van der Waals surface area contributed by atoms with Gasteiger partial charge in [0.05, 0.1) is 13.2 Å². The number of ether oxygens (including phenoxy) is 3. The van der Waals surface area contributed by atoms with Gasteiger partial charge in [0.15, 0.2) is 0 Å². The highest BCUT2D eigenvalue weighted by molar-refractivity contribution is 5.95. The Morgan fingerprint density at radius 1 is 1.15 bits per heavy atom. The maximum absolute atomic E-state index is 12.9. The lowest BCUT2D eigenvalue weighted by atomic mass is 10.1. The summed E-state index contributed by atoms with van der Waals surface area (Å²) in [5.41, 5.74) is 1.20. The van der Waals surface area contributed by atoms with Crippen molar-refractivity contribution in [2.75, 3.05) is 33.4 Å². The predicted molar refractivity (Wildman–Crippen MR) is 125 cm³/mol. The molecule has 2 aliphatic rings. The van der Waals surface area contributed by atoms with Gasteiger partial charge < -0.3 is 23.7 Å². The van der Waals surface area contributed by atoms with E-state index < -0.39 is 5.97 Å². The second-order valence-corrected chi connectivity index (χ2v) is 8.27. The van der Waals surface area contributed by atoms with Crippen LogP contribution < -0.4 is 10.3 Å². The van der Waals surface area contributed by atoms with Gasteiger partial charge in [-0.1, -0.05) is 24.1 Å². The number of esters is 1. The maximum Gasteiger partial charge on any atom is 0.343 e. The lowest BCUT2D eigenvalue weighted by molar-refractivity contribution is -0.125. The molecule has 2 aliphatic heterocycles. The molecule has 1 aromatic carbocycles. The number of rotatable bonds is 4. The van der Waals surface area contributed by atoms with Crippen molar-refractivity contribution in [3.8, 4) is 17.6 Å². The van der Waals surface area contributed by atoms with Crippen molar-refractivity contribution in [3.05, 3.63) is 63.6 Å². The van der Waals surface area contributed by atoms with Gasteiger partial charge in [0, 0.05) is 55.9 Å². The Labute approximate surface area is 198 Å². The molecule has 1 fully saturated rings. The molecule has 0 spiro atoms. The Kier molecular flexibility index (Phi) is 7.65. The smallest absolute Gasteiger partial charge is 0.343 e. The molecule has 1 atom stereocenters. The Bertz CT molecular complexity index is 1160. The number of aromatic nitrogens is 1. The minimum atomic E-state index is -0.577. The first kappa shape index (κ1) is 23.6. The third-order valence-corrected chi connectivity index (χ3v) is 6.06. The molecule has 34 heavy (non-hydrogen) atoms. The molecule has 4 rings (SSSR count). The van der Waals surface area contributed by atoms with Gasteiger partial charge in [0.1, 0.15) is 17.9 Å². The first-order valence-corrected chi connectivity index (χ1v) is 11.5. The Hall–Kier alpha value is -3.57. The number of hydrogen-bond acceptors (Lipinski definition) is 6. The van der Waals surface area contributed by atoms with Crippen LogP contribution in [0.5, 0.6) is 5.75 Å². The highest BCUT2D eigenvalue weighted by atomic mass is 16.5. The molecule has 0 bridgehead atoms. The fourth-order valence-electron chi connectivity index (χ4n) is 4.24. The zero-order chi connectivity index (χ0) is 23.9. The standard InChI is InChI=1S/C26H28N2O6/c1-32-26(31)25-21-12-13-27(23(29)11-10-19-7-3-2-4-8-19)14-15-28(21)24(30)17-22(25)34-18-20-9-5-6-16-33-20/h2-4,7-8,17,20H,5-6,9,12-16,18H2,1H3. The molecule has 8 nitrogen and oxygen atoms in total. The Morgan fingerprint density at radius 2 is 1.97 bits per heavy atom. The number of hydrogen-bond donors (Lipinski definition) is 0. The number of nitrogens with zero attached hydrogens (tertiary/aromatic N) is 2. The van der Waals surface area contributed by atoms with Crippen LogP contribution in [0.4, 0.5) is 0 Å². The number of fused-ring (bicyclic) bond motifs is 1. The van der Waals surface area contributed by atoms with Crippen LogP contribution in [0.25, 0.3) is 0 Å². The van der Waals surface area contributed by atoms with Crippen LogP contribution in [-0.4, -0.2) is 60.9 Å². The minimum absolute atomic E-state index is 0.0721. The SMILES string of the molecule is COC(=O)c1c(OCC2CCCCO2)cc(=O)n2c1CCN(C(=O)C#Cc1ccccc1)CC2. The normalized spacial score (nSPS) is 17.6. The first-order valence-electron chi connectivity index (χ1n) is 11.5. The molecule has 1 aromatic heterocycles. The molecule has 0 aliphatic carbocycles. The molecule has 2 aromatic rings. The second kappa shape index (κ2) is 11.0. The van der Waals surface area contributed by atoms with Crippen LogP contribution in [0, 0.1) is 11.8 Å². The molecule has 8 heteroatoms. The topological polar surface area (TPSA) is 87.1 Å². The van der Waals surface area contributed by atoms with Gasteiger partial charge in [-0.05, 0) is 31.4 Å². The van der Waals surface area contributed by atoms with Gasteiger partial charge in [-0.3, -0.25) is 9.59 Å². The monoisotopic (exact) mass is 464 g/mol. The highest BCUT2D eigenvalue weighted by Crippen LogP contribution is 2.25. The first-order chi connectivity index (χ1) is 16.6. The molecule has 1 unspecified atom stereocenters. The lowest BCUT2D eigenvalue weighted by Gasteiger charge is -2.24. The summed E-state index contributed by atoms with van der Waals surface area (Å²) >= 11 is 0. The average molecular weight is 465 g/mol. The van der Waals surface area contributed by atoms with Crippen molar-refractivity contribution in [2.24, 2.45) is 0 Å². The van der Waals surface area contributed by atoms with Crippen molar-refractivity contribution in [1.29, 1.82) is 0 Å². The van der Waals surface area contributed by atoms with Gasteiger partial charge in [0.25, 0.3) is 11.5 Å². The number of pyridine rings is 1. The van der Waals surface area contributed by atoms with Crippen molar-refractivity contribution in [3.63, 3.8) is 0 Å². The van der Waals surface area contributed by atoms with E-state index in [-0.39, 0.29) is 42.0 Å². The van der Waals surface area contributed by atoms with Gasteiger partial charge in [0.2, 0.25) is 0 Å². The number of amides is 1. The van der Waals surface area contributed by atoms with Crippen LogP contribution in [0.2, 0.25) is 0 Å². The zero-order valence-electron chi connectivity index (χ0n) is 19.2. The molecule has 1 amide bonds. The summed E-state index contributed by atoms with van der Waals surface area (Å²) in [6.07, 6.45) is 3.18. The van der Waals surface area contributed by atoms with E-state index in [1.165, 1.54) is 17.7 Å². The van der Waals surface area contributed by atoms with Crippen molar-refractivity contribution < 1.29 is 23.8 Å². The van der Waals surface area contributed by atoms with E-state index in [1.54, 1.807) is 4.90 Å². The van der Waals surface area contributed by atoms with Crippen molar-refractivity contribution in [2.45, 2.75) is 38.3 Å².